The lowest BCUT2D eigenvalue weighted by Gasteiger charge is -2.21. The molecule has 2 rings (SSSR count). The third-order valence-electron chi connectivity index (χ3n) is 2.92. The van der Waals surface area contributed by atoms with Gasteiger partial charge in [0.2, 0.25) is 0 Å². The van der Waals surface area contributed by atoms with Crippen LogP contribution in [-0.2, 0) is 0 Å². The van der Waals surface area contributed by atoms with Crippen LogP contribution in [0, 0.1) is 0 Å². The molecular formula is C14H17ClN4S. The van der Waals surface area contributed by atoms with E-state index in [0.29, 0.717) is 10.7 Å². The summed E-state index contributed by atoms with van der Waals surface area (Å²) in [7, 11) is 0. The van der Waals surface area contributed by atoms with Crippen molar-refractivity contribution in [3.8, 4) is 0 Å². The Morgan fingerprint density at radius 3 is 2.40 bits per heavy atom. The third-order valence-corrected chi connectivity index (χ3v) is 4.20. The van der Waals surface area contributed by atoms with Gasteiger partial charge in [0.15, 0.2) is 5.82 Å². The molecule has 2 N–H and O–H groups in total. The Morgan fingerprint density at radius 2 is 1.80 bits per heavy atom. The zero-order valence-electron chi connectivity index (χ0n) is 11.5. The van der Waals surface area contributed by atoms with E-state index >= 15 is 0 Å². The summed E-state index contributed by atoms with van der Waals surface area (Å²) in [6.45, 7) is 5.89. The summed E-state index contributed by atoms with van der Waals surface area (Å²) in [5.41, 5.74) is 6.82. The molecule has 0 radical (unpaired) electrons. The predicted octanol–water partition coefficient (Wildman–Crippen LogP) is 3.71. The quantitative estimate of drug-likeness (QED) is 0.853. The van der Waals surface area contributed by atoms with Crippen LogP contribution in [0.15, 0.2) is 40.5 Å². The van der Waals surface area contributed by atoms with Crippen LogP contribution in [0.2, 0.25) is 5.02 Å². The van der Waals surface area contributed by atoms with E-state index in [1.54, 1.807) is 6.33 Å². The Labute approximate surface area is 128 Å². The van der Waals surface area contributed by atoms with Crippen molar-refractivity contribution in [2.24, 2.45) is 0 Å². The van der Waals surface area contributed by atoms with E-state index in [2.05, 4.69) is 28.7 Å². The Morgan fingerprint density at radius 1 is 1.15 bits per heavy atom. The minimum atomic E-state index is 0.621. The van der Waals surface area contributed by atoms with Gasteiger partial charge in [0.25, 0.3) is 0 Å². The summed E-state index contributed by atoms with van der Waals surface area (Å²) in [5.74, 6) is 0.793. The predicted molar refractivity (Wildman–Crippen MR) is 85.6 cm³/mol. The fourth-order valence-corrected chi connectivity index (χ4v) is 2.76. The third kappa shape index (κ3) is 3.35. The molecule has 0 aliphatic heterocycles. The Hall–Kier alpha value is -1.46. The van der Waals surface area contributed by atoms with E-state index in [9.17, 15) is 0 Å². The van der Waals surface area contributed by atoms with Gasteiger partial charge >= 0.3 is 0 Å². The molecule has 1 heterocycles. The average Bonchev–Trinajstić information content (AvgIpc) is 2.46. The van der Waals surface area contributed by atoms with Crippen molar-refractivity contribution in [3.05, 3.63) is 35.6 Å². The maximum Gasteiger partial charge on any atom is 0.156 e. The summed E-state index contributed by atoms with van der Waals surface area (Å²) in [6.07, 6.45) is 1.56. The molecule has 0 bridgehead atoms. The summed E-state index contributed by atoms with van der Waals surface area (Å²) >= 11 is 7.40. The molecule has 0 unspecified atom stereocenters. The van der Waals surface area contributed by atoms with E-state index in [1.165, 1.54) is 11.8 Å². The highest BCUT2D eigenvalue weighted by atomic mass is 35.5. The molecule has 20 heavy (non-hydrogen) atoms. The van der Waals surface area contributed by atoms with Gasteiger partial charge in [-0.1, -0.05) is 23.4 Å². The van der Waals surface area contributed by atoms with Crippen LogP contribution < -0.4 is 10.6 Å². The van der Waals surface area contributed by atoms with Crippen molar-refractivity contribution in [1.29, 1.82) is 0 Å². The van der Waals surface area contributed by atoms with Gasteiger partial charge in [-0.3, -0.25) is 0 Å². The maximum atomic E-state index is 6.20. The standard InChI is InChI=1S/C14H17ClN4S/c1-3-19(4-2)13-12(16)14(18-9-17-13)20-11-7-5-10(15)6-8-11/h5-9H,3-4,16H2,1-2H3. The van der Waals surface area contributed by atoms with Crippen molar-refractivity contribution < 1.29 is 0 Å². The first-order chi connectivity index (χ1) is 9.65. The second-order valence-electron chi connectivity index (χ2n) is 4.14. The molecule has 2 aromatic rings. The van der Waals surface area contributed by atoms with Crippen molar-refractivity contribution in [2.75, 3.05) is 23.7 Å². The molecule has 1 aromatic carbocycles. The van der Waals surface area contributed by atoms with Crippen LogP contribution in [0.5, 0.6) is 0 Å². The molecule has 0 aliphatic rings. The van der Waals surface area contributed by atoms with Gasteiger partial charge in [-0.2, -0.15) is 0 Å². The first-order valence-electron chi connectivity index (χ1n) is 6.44. The summed E-state index contributed by atoms with van der Waals surface area (Å²) in [6, 6.07) is 7.61. The smallest absolute Gasteiger partial charge is 0.156 e. The molecule has 0 saturated heterocycles. The van der Waals surface area contributed by atoms with Gasteiger partial charge in [-0.05, 0) is 38.1 Å². The van der Waals surface area contributed by atoms with Gasteiger partial charge in [0.1, 0.15) is 17.0 Å². The normalized spacial score (nSPS) is 10.6. The monoisotopic (exact) mass is 308 g/mol. The molecule has 4 nitrogen and oxygen atoms in total. The number of nitrogen functional groups attached to an aromatic ring is 1. The van der Waals surface area contributed by atoms with Crippen molar-refractivity contribution in [2.45, 2.75) is 23.8 Å². The number of nitrogens with zero attached hydrogens (tertiary/aromatic N) is 3. The highest BCUT2D eigenvalue weighted by Crippen LogP contribution is 2.34. The van der Waals surface area contributed by atoms with Crippen LogP contribution in [0.25, 0.3) is 0 Å². The zero-order valence-corrected chi connectivity index (χ0v) is 13.1. The number of rotatable bonds is 5. The highest BCUT2D eigenvalue weighted by Gasteiger charge is 2.13. The lowest BCUT2D eigenvalue weighted by atomic mass is 10.4. The number of nitrogens with two attached hydrogens (primary N) is 1. The van der Waals surface area contributed by atoms with E-state index in [0.717, 1.165) is 28.8 Å². The minimum absolute atomic E-state index is 0.621. The van der Waals surface area contributed by atoms with Gasteiger partial charge < -0.3 is 10.6 Å². The van der Waals surface area contributed by atoms with Crippen LogP contribution >= 0.6 is 23.4 Å². The van der Waals surface area contributed by atoms with Gasteiger partial charge in [-0.25, -0.2) is 9.97 Å². The number of aromatic nitrogens is 2. The molecule has 0 saturated carbocycles. The second kappa shape index (κ2) is 6.81. The Balaban J connectivity index is 2.28. The molecule has 0 fully saturated rings. The Bertz CT molecular complexity index is 570. The number of hydrogen-bond donors (Lipinski definition) is 1. The van der Waals surface area contributed by atoms with E-state index < -0.39 is 0 Å². The summed E-state index contributed by atoms with van der Waals surface area (Å²) < 4.78 is 0. The fourth-order valence-electron chi connectivity index (χ4n) is 1.84. The molecule has 6 heteroatoms. The summed E-state index contributed by atoms with van der Waals surface area (Å²) in [4.78, 5) is 11.7. The second-order valence-corrected chi connectivity index (χ2v) is 5.64. The number of hydrogen-bond acceptors (Lipinski definition) is 5. The van der Waals surface area contributed by atoms with Crippen LogP contribution in [-0.4, -0.2) is 23.1 Å². The van der Waals surface area contributed by atoms with E-state index in [-0.39, 0.29) is 0 Å². The number of halogens is 1. The molecule has 0 amide bonds. The molecule has 0 atom stereocenters. The zero-order chi connectivity index (χ0) is 14.5. The van der Waals surface area contributed by atoms with Gasteiger partial charge in [0.05, 0.1) is 0 Å². The fraction of sp³-hybridized carbons (Fsp3) is 0.286. The SMILES string of the molecule is CCN(CC)c1ncnc(Sc2ccc(Cl)cc2)c1N. The molecule has 1 aromatic heterocycles. The van der Waals surface area contributed by atoms with Crippen LogP contribution in [0.1, 0.15) is 13.8 Å². The first-order valence-corrected chi connectivity index (χ1v) is 7.64. The number of benzene rings is 1. The van der Waals surface area contributed by atoms with Crippen LogP contribution in [0.3, 0.4) is 0 Å². The van der Waals surface area contributed by atoms with Crippen molar-refractivity contribution in [3.63, 3.8) is 0 Å². The van der Waals surface area contributed by atoms with E-state index in [4.69, 9.17) is 17.3 Å². The lowest BCUT2D eigenvalue weighted by molar-refractivity contribution is 0.836. The van der Waals surface area contributed by atoms with Crippen molar-refractivity contribution in [1.82, 2.24) is 9.97 Å². The summed E-state index contributed by atoms with van der Waals surface area (Å²) in [5, 5.41) is 1.48. The first kappa shape index (κ1) is 14.9. The Kier molecular flexibility index (Phi) is 5.09. The highest BCUT2D eigenvalue weighted by molar-refractivity contribution is 7.99. The number of anilines is 2. The largest absolute Gasteiger partial charge is 0.394 e. The molecule has 0 spiro atoms. The minimum Gasteiger partial charge on any atom is -0.394 e. The maximum absolute atomic E-state index is 6.20. The van der Waals surface area contributed by atoms with Crippen LogP contribution in [0.4, 0.5) is 11.5 Å². The van der Waals surface area contributed by atoms with Gasteiger partial charge in [0, 0.05) is 23.0 Å². The molecule has 0 aliphatic carbocycles. The average molecular weight is 309 g/mol. The topological polar surface area (TPSA) is 55.0 Å². The lowest BCUT2D eigenvalue weighted by Crippen LogP contribution is -2.24. The van der Waals surface area contributed by atoms with Crippen molar-refractivity contribution >= 4 is 34.9 Å². The molecular weight excluding hydrogens is 292 g/mol. The van der Waals surface area contributed by atoms with E-state index in [1.807, 2.05) is 24.3 Å². The van der Waals surface area contributed by atoms with Gasteiger partial charge in [-0.15, -0.1) is 0 Å². The molecule has 106 valence electrons.